The predicted octanol–water partition coefficient (Wildman–Crippen LogP) is 10.7. The number of hydrogen-bond donors (Lipinski definition) is 0. The molecule has 0 saturated heterocycles. The highest BCUT2D eigenvalue weighted by Crippen LogP contribution is 2.65. The summed E-state index contributed by atoms with van der Waals surface area (Å²) in [4.78, 5) is 25.9. The lowest BCUT2D eigenvalue weighted by atomic mass is 9.69. The maximum Gasteiger partial charge on any atom is 0.238 e. The van der Waals surface area contributed by atoms with Crippen LogP contribution in [0.3, 0.4) is 0 Å². The molecule has 0 aliphatic heterocycles. The SMILES string of the molecule is C=Cc1c2c(c3c(c1C=C)c1ncccc1n3-c1nc(-c3ccccc3)nc(-c3ccccc3)n1)C1(c3ccccc3-c3ccccc31)c1cccnc1-2. The second-order valence-corrected chi connectivity index (χ2v) is 13.7. The van der Waals surface area contributed by atoms with Crippen molar-refractivity contribution >= 4 is 34.1 Å². The highest BCUT2D eigenvalue weighted by atomic mass is 15.2. The summed E-state index contributed by atoms with van der Waals surface area (Å²) in [6.45, 7) is 8.78. The second-order valence-electron chi connectivity index (χ2n) is 13.7. The molecule has 4 aromatic heterocycles. The van der Waals surface area contributed by atoms with Crippen LogP contribution in [-0.2, 0) is 5.41 Å². The van der Waals surface area contributed by atoms with Crippen LogP contribution in [0.4, 0.5) is 0 Å². The van der Waals surface area contributed by atoms with Gasteiger partial charge >= 0.3 is 0 Å². The molecule has 4 heterocycles. The van der Waals surface area contributed by atoms with Crippen molar-refractivity contribution in [3.05, 3.63) is 192 Å². The zero-order valence-electron chi connectivity index (χ0n) is 29.1. The van der Waals surface area contributed by atoms with E-state index in [0.717, 1.165) is 66.6 Å². The smallest absolute Gasteiger partial charge is 0.238 e. The third-order valence-electron chi connectivity index (χ3n) is 11.1. The molecular formula is C48H30N6. The van der Waals surface area contributed by atoms with Gasteiger partial charge in [0.25, 0.3) is 0 Å². The van der Waals surface area contributed by atoms with Gasteiger partial charge < -0.3 is 0 Å². The number of rotatable bonds is 5. The van der Waals surface area contributed by atoms with Crippen molar-refractivity contribution in [3.8, 4) is 51.1 Å². The Morgan fingerprint density at radius 1 is 0.537 bits per heavy atom. The van der Waals surface area contributed by atoms with Crippen LogP contribution in [-0.4, -0.2) is 29.5 Å². The summed E-state index contributed by atoms with van der Waals surface area (Å²) in [6, 6.07) is 46.1. The van der Waals surface area contributed by atoms with Crippen LogP contribution in [0.1, 0.15) is 33.4 Å². The average Bonchev–Trinajstić information content (AvgIpc) is 3.86. The largest absolute Gasteiger partial charge is 0.276 e. The highest BCUT2D eigenvalue weighted by molar-refractivity contribution is 6.18. The van der Waals surface area contributed by atoms with Crippen LogP contribution in [0, 0.1) is 0 Å². The Labute approximate surface area is 311 Å². The molecule has 0 atom stereocenters. The van der Waals surface area contributed by atoms with E-state index in [1.54, 1.807) is 0 Å². The minimum atomic E-state index is -0.717. The first kappa shape index (κ1) is 30.3. The van der Waals surface area contributed by atoms with Crippen LogP contribution in [0.25, 0.3) is 85.2 Å². The minimum Gasteiger partial charge on any atom is -0.276 e. The van der Waals surface area contributed by atoms with Crippen LogP contribution >= 0.6 is 0 Å². The van der Waals surface area contributed by atoms with Gasteiger partial charge in [-0.1, -0.05) is 141 Å². The Morgan fingerprint density at radius 2 is 1.09 bits per heavy atom. The van der Waals surface area contributed by atoms with E-state index in [-0.39, 0.29) is 0 Å². The molecule has 0 fully saturated rings. The lowest BCUT2D eigenvalue weighted by Crippen LogP contribution is -2.27. The molecule has 6 heteroatoms. The molecule has 0 radical (unpaired) electrons. The molecule has 0 amide bonds. The molecule has 0 N–H and O–H groups in total. The van der Waals surface area contributed by atoms with Crippen molar-refractivity contribution in [2.24, 2.45) is 0 Å². The van der Waals surface area contributed by atoms with E-state index in [2.05, 4.69) is 84.5 Å². The first-order chi connectivity index (χ1) is 26.7. The monoisotopic (exact) mass is 690 g/mol. The topological polar surface area (TPSA) is 69.4 Å². The van der Waals surface area contributed by atoms with Gasteiger partial charge in [0.2, 0.25) is 5.95 Å². The molecule has 9 aromatic rings. The quantitative estimate of drug-likeness (QED) is 0.180. The van der Waals surface area contributed by atoms with Crippen LogP contribution in [0.5, 0.6) is 0 Å². The fourth-order valence-corrected chi connectivity index (χ4v) is 9.11. The van der Waals surface area contributed by atoms with Crippen molar-refractivity contribution in [1.29, 1.82) is 0 Å². The van der Waals surface area contributed by atoms with Gasteiger partial charge in [-0.15, -0.1) is 0 Å². The molecule has 0 unspecified atom stereocenters. The lowest BCUT2D eigenvalue weighted by Gasteiger charge is -2.31. The van der Waals surface area contributed by atoms with E-state index in [0.29, 0.717) is 17.6 Å². The molecule has 0 bridgehead atoms. The van der Waals surface area contributed by atoms with Crippen molar-refractivity contribution in [2.45, 2.75) is 5.41 Å². The molecular weight excluding hydrogens is 661 g/mol. The van der Waals surface area contributed by atoms with Crippen LogP contribution in [0.2, 0.25) is 0 Å². The van der Waals surface area contributed by atoms with E-state index < -0.39 is 5.41 Å². The maximum absolute atomic E-state index is 5.30. The summed E-state index contributed by atoms with van der Waals surface area (Å²) in [6.07, 6.45) is 7.63. The standard InChI is InChI=1S/C48H30N6/c1-3-31-32(4-2)40-43-38(26-16-28-50-43)54(47-52-45(29-17-7-5-8-18-29)51-46(53-47)30-19-9-6-10-20-30)44(40)41-39(31)42-37(25-15-27-49-42)48(41)35-23-13-11-21-33(35)34-22-12-14-24-36(34)48/h3-28H,1-2H2. The van der Waals surface area contributed by atoms with Crippen LogP contribution in [0.15, 0.2) is 159 Å². The van der Waals surface area contributed by atoms with E-state index >= 15 is 0 Å². The molecule has 2 aliphatic carbocycles. The summed E-state index contributed by atoms with van der Waals surface area (Å²) < 4.78 is 2.20. The summed E-state index contributed by atoms with van der Waals surface area (Å²) in [5.74, 6) is 1.66. The number of nitrogens with zero attached hydrogens (tertiary/aromatic N) is 6. The zero-order valence-corrected chi connectivity index (χ0v) is 29.1. The summed E-state index contributed by atoms with van der Waals surface area (Å²) >= 11 is 0. The Bertz CT molecular complexity index is 2930. The molecule has 11 rings (SSSR count). The van der Waals surface area contributed by atoms with E-state index in [1.165, 1.54) is 22.3 Å². The van der Waals surface area contributed by atoms with Gasteiger partial charge in [-0.25, -0.2) is 4.98 Å². The summed E-state index contributed by atoms with van der Waals surface area (Å²) in [5, 5.41) is 0.964. The Balaban J connectivity index is 1.40. The van der Waals surface area contributed by atoms with E-state index in [9.17, 15) is 0 Å². The van der Waals surface area contributed by atoms with Gasteiger partial charge in [-0.2, -0.15) is 9.97 Å². The van der Waals surface area contributed by atoms with Gasteiger partial charge in [0.05, 0.1) is 27.7 Å². The second kappa shape index (κ2) is 11.3. The molecule has 1 spiro atoms. The third kappa shape index (κ3) is 3.86. The number of aromatic nitrogens is 6. The Morgan fingerprint density at radius 3 is 1.72 bits per heavy atom. The Hall–Kier alpha value is -7.31. The van der Waals surface area contributed by atoms with E-state index in [4.69, 9.17) is 24.9 Å². The first-order valence-electron chi connectivity index (χ1n) is 18.0. The average molecular weight is 691 g/mol. The summed E-state index contributed by atoms with van der Waals surface area (Å²) in [7, 11) is 0. The molecule has 0 saturated carbocycles. The fourth-order valence-electron chi connectivity index (χ4n) is 9.11. The van der Waals surface area contributed by atoms with Gasteiger partial charge in [-0.05, 0) is 57.1 Å². The van der Waals surface area contributed by atoms with Crippen molar-refractivity contribution in [3.63, 3.8) is 0 Å². The number of benzene rings is 5. The van der Waals surface area contributed by atoms with Crippen molar-refractivity contribution in [1.82, 2.24) is 29.5 Å². The summed E-state index contributed by atoms with van der Waals surface area (Å²) in [5.41, 5.74) is 14.6. The first-order valence-corrected chi connectivity index (χ1v) is 18.0. The van der Waals surface area contributed by atoms with Gasteiger partial charge in [-0.3, -0.25) is 14.5 Å². The molecule has 5 aromatic carbocycles. The van der Waals surface area contributed by atoms with Crippen molar-refractivity contribution in [2.75, 3.05) is 0 Å². The van der Waals surface area contributed by atoms with Crippen molar-refractivity contribution < 1.29 is 0 Å². The van der Waals surface area contributed by atoms with E-state index in [1.807, 2.05) is 91.3 Å². The third-order valence-corrected chi connectivity index (χ3v) is 11.1. The molecule has 6 nitrogen and oxygen atoms in total. The highest BCUT2D eigenvalue weighted by Gasteiger charge is 2.54. The van der Waals surface area contributed by atoms with Gasteiger partial charge in [0.1, 0.15) is 0 Å². The molecule has 54 heavy (non-hydrogen) atoms. The zero-order chi connectivity index (χ0) is 36.0. The fraction of sp³-hybridized carbons (Fsp3) is 0.0208. The normalized spacial score (nSPS) is 13.1. The predicted molar refractivity (Wildman–Crippen MR) is 217 cm³/mol. The van der Waals surface area contributed by atoms with Crippen LogP contribution < -0.4 is 0 Å². The lowest BCUT2D eigenvalue weighted by molar-refractivity contribution is 0.792. The van der Waals surface area contributed by atoms with Gasteiger partial charge in [0.15, 0.2) is 11.6 Å². The minimum absolute atomic E-state index is 0.498. The Kier molecular flexibility index (Phi) is 6.37. The van der Waals surface area contributed by atoms with Gasteiger partial charge in [0, 0.05) is 40.0 Å². The molecule has 2 aliphatic rings. The number of hydrogen-bond acceptors (Lipinski definition) is 5. The number of pyridine rings is 2. The number of fused-ring (bicyclic) bond motifs is 14. The maximum atomic E-state index is 5.30. The molecule has 252 valence electrons.